The number of nitrogens with zero attached hydrogens (tertiary/aromatic N) is 3. The number of phosphoric ester groups is 1. The summed E-state index contributed by atoms with van der Waals surface area (Å²) in [7, 11) is -16.8. The fourth-order valence-corrected chi connectivity index (χ4v) is 5.39. The molecule has 4 unspecified atom stereocenters. The molecule has 2 rings (SSSR count). The number of aromatic nitrogens is 2. The SMILES string of the molecule is NC(N)=Nc1ccn([C@@H]2O[C@H](COP(=O)(O)OP(=O)(O)OP(=O)(O)O)C(O)C2O)c(=O)n1. The molecule has 6 atom stereocenters. The molecular formula is C10H18N5O14P3. The first kappa shape index (κ1) is 26.7. The maximum absolute atomic E-state index is 12.1. The van der Waals surface area contributed by atoms with Gasteiger partial charge in [0.15, 0.2) is 18.0 Å². The van der Waals surface area contributed by atoms with E-state index < -0.39 is 60.3 Å². The van der Waals surface area contributed by atoms with Gasteiger partial charge in [0.1, 0.15) is 18.3 Å². The molecule has 0 aliphatic carbocycles. The smallest absolute Gasteiger partial charge is 0.387 e. The van der Waals surface area contributed by atoms with E-state index in [4.69, 9.17) is 30.9 Å². The molecule has 1 fully saturated rings. The van der Waals surface area contributed by atoms with Gasteiger partial charge in [0.05, 0.1) is 6.61 Å². The Labute approximate surface area is 177 Å². The largest absolute Gasteiger partial charge is 0.490 e. The number of phosphoric acid groups is 3. The highest BCUT2D eigenvalue weighted by molar-refractivity contribution is 7.66. The van der Waals surface area contributed by atoms with E-state index in [2.05, 4.69) is 23.1 Å². The van der Waals surface area contributed by atoms with Gasteiger partial charge in [-0.1, -0.05) is 0 Å². The van der Waals surface area contributed by atoms with Gasteiger partial charge < -0.3 is 46.0 Å². The number of aliphatic hydroxyl groups excluding tert-OH is 2. The third kappa shape index (κ3) is 7.50. The summed E-state index contributed by atoms with van der Waals surface area (Å²) in [4.78, 5) is 54.6. The van der Waals surface area contributed by atoms with Crippen molar-refractivity contribution in [1.29, 1.82) is 0 Å². The van der Waals surface area contributed by atoms with Crippen LogP contribution in [0.15, 0.2) is 22.1 Å². The van der Waals surface area contributed by atoms with Crippen molar-refractivity contribution in [2.24, 2.45) is 16.5 Å². The second kappa shape index (κ2) is 9.74. The molecule has 22 heteroatoms. The van der Waals surface area contributed by atoms with Gasteiger partial charge in [-0.05, 0) is 6.07 Å². The van der Waals surface area contributed by atoms with Crippen LogP contribution in [0.3, 0.4) is 0 Å². The minimum atomic E-state index is -5.74. The first-order valence-corrected chi connectivity index (χ1v) is 12.5. The van der Waals surface area contributed by atoms with Gasteiger partial charge in [0.25, 0.3) is 0 Å². The van der Waals surface area contributed by atoms with E-state index in [1.54, 1.807) is 0 Å². The number of aliphatic hydroxyl groups is 2. The van der Waals surface area contributed by atoms with Crippen LogP contribution in [0.2, 0.25) is 0 Å². The van der Waals surface area contributed by atoms with E-state index in [1.807, 2.05) is 0 Å². The molecule has 182 valence electrons. The normalized spacial score (nSPS) is 27.4. The Hall–Kier alpha value is -1.56. The lowest BCUT2D eigenvalue weighted by atomic mass is 10.1. The molecule has 0 aromatic carbocycles. The Balaban J connectivity index is 2.08. The van der Waals surface area contributed by atoms with Crippen molar-refractivity contribution in [3.05, 3.63) is 22.7 Å². The van der Waals surface area contributed by atoms with Crippen molar-refractivity contribution in [2.75, 3.05) is 6.61 Å². The summed E-state index contributed by atoms with van der Waals surface area (Å²) >= 11 is 0. The van der Waals surface area contributed by atoms with Crippen LogP contribution in [0.1, 0.15) is 6.23 Å². The van der Waals surface area contributed by atoms with Crippen molar-refractivity contribution in [1.82, 2.24) is 9.55 Å². The lowest BCUT2D eigenvalue weighted by molar-refractivity contribution is -0.0541. The number of rotatable bonds is 9. The maximum Gasteiger partial charge on any atom is 0.490 e. The molecule has 0 saturated carbocycles. The third-order valence-electron chi connectivity index (χ3n) is 3.49. The molecule has 1 aromatic heterocycles. The topological polar surface area (TPSA) is 309 Å². The van der Waals surface area contributed by atoms with Crippen LogP contribution in [-0.2, 0) is 31.6 Å². The van der Waals surface area contributed by atoms with E-state index in [1.165, 1.54) is 6.07 Å². The molecule has 2 heterocycles. The Bertz CT molecular complexity index is 1070. The Morgan fingerprint density at radius 1 is 1.12 bits per heavy atom. The minimum Gasteiger partial charge on any atom is -0.387 e. The van der Waals surface area contributed by atoms with Crippen LogP contribution in [0.4, 0.5) is 5.82 Å². The molecule has 0 amide bonds. The van der Waals surface area contributed by atoms with Crippen LogP contribution in [0, 0.1) is 0 Å². The quantitative estimate of drug-likeness (QED) is 0.0911. The summed E-state index contributed by atoms with van der Waals surface area (Å²) in [6.45, 7) is -1.05. The third-order valence-corrected chi connectivity index (χ3v) is 7.29. The average Bonchev–Trinajstić information content (AvgIpc) is 2.85. The molecule has 0 spiro atoms. The van der Waals surface area contributed by atoms with Gasteiger partial charge in [-0.2, -0.15) is 18.6 Å². The second-order valence-electron chi connectivity index (χ2n) is 5.95. The van der Waals surface area contributed by atoms with Gasteiger partial charge in [0, 0.05) is 6.20 Å². The number of aliphatic imine (C=N–C) groups is 1. The predicted octanol–water partition coefficient (Wildman–Crippen LogP) is -2.89. The van der Waals surface area contributed by atoms with Crippen LogP contribution < -0.4 is 17.2 Å². The summed E-state index contributed by atoms with van der Waals surface area (Å²) in [5.41, 5.74) is 9.33. The highest BCUT2D eigenvalue weighted by Gasteiger charge is 2.46. The lowest BCUT2D eigenvalue weighted by Gasteiger charge is -2.19. The number of hydrogen-bond donors (Lipinski definition) is 8. The van der Waals surface area contributed by atoms with Crippen molar-refractivity contribution >= 4 is 35.2 Å². The van der Waals surface area contributed by atoms with Crippen LogP contribution >= 0.6 is 23.5 Å². The number of guanidine groups is 1. The first-order chi connectivity index (χ1) is 14.5. The summed E-state index contributed by atoms with van der Waals surface area (Å²) in [6, 6.07) is 1.17. The summed E-state index contributed by atoms with van der Waals surface area (Å²) < 4.78 is 51.0. The molecule has 1 saturated heterocycles. The minimum absolute atomic E-state index is 0.163. The molecule has 1 aliphatic rings. The highest BCUT2D eigenvalue weighted by atomic mass is 31.3. The standard InChI is InChI=1S/C10H18N5O14P3/c11-9(12)13-5-1-2-15(10(18)14-5)8-7(17)6(16)4(27-8)3-26-31(22,23)29-32(24,25)28-30(19,20)21/h1-2,4,6-8,16-17H,3H2,(H,22,23)(H,24,25)(H2,19,20,21)(H4,11,12,13,14,18)/t4-,6?,7?,8-/m1/s1. The van der Waals surface area contributed by atoms with Gasteiger partial charge >= 0.3 is 29.2 Å². The highest BCUT2D eigenvalue weighted by Crippen LogP contribution is 2.66. The van der Waals surface area contributed by atoms with Gasteiger partial charge in [-0.3, -0.25) is 9.09 Å². The van der Waals surface area contributed by atoms with E-state index in [0.29, 0.717) is 0 Å². The predicted molar refractivity (Wildman–Crippen MR) is 99.7 cm³/mol. The van der Waals surface area contributed by atoms with Crippen molar-refractivity contribution in [3.8, 4) is 0 Å². The molecule has 0 bridgehead atoms. The van der Waals surface area contributed by atoms with E-state index in [-0.39, 0.29) is 11.8 Å². The van der Waals surface area contributed by atoms with Gasteiger partial charge in [-0.25, -0.2) is 18.5 Å². The molecule has 1 aliphatic heterocycles. The summed E-state index contributed by atoms with van der Waals surface area (Å²) in [5, 5.41) is 20.2. The van der Waals surface area contributed by atoms with Crippen LogP contribution in [-0.4, -0.2) is 70.2 Å². The zero-order valence-electron chi connectivity index (χ0n) is 15.5. The van der Waals surface area contributed by atoms with Crippen molar-refractivity contribution < 1.29 is 61.4 Å². The van der Waals surface area contributed by atoms with Gasteiger partial charge in [-0.15, -0.1) is 0 Å². The fourth-order valence-electron chi connectivity index (χ4n) is 2.36. The van der Waals surface area contributed by atoms with E-state index in [0.717, 1.165) is 10.8 Å². The Kier molecular flexibility index (Phi) is 8.13. The monoisotopic (exact) mass is 525 g/mol. The Morgan fingerprint density at radius 3 is 2.28 bits per heavy atom. The second-order valence-corrected chi connectivity index (χ2v) is 10.4. The summed E-state index contributed by atoms with van der Waals surface area (Å²) in [6.07, 6.45) is -5.62. The number of ether oxygens (including phenoxy) is 1. The zero-order valence-corrected chi connectivity index (χ0v) is 18.1. The van der Waals surface area contributed by atoms with Crippen molar-refractivity contribution in [2.45, 2.75) is 24.5 Å². The molecule has 1 aromatic rings. The molecule has 32 heavy (non-hydrogen) atoms. The van der Waals surface area contributed by atoms with Crippen LogP contribution in [0.25, 0.3) is 0 Å². The van der Waals surface area contributed by atoms with Crippen molar-refractivity contribution in [3.63, 3.8) is 0 Å². The summed E-state index contributed by atoms with van der Waals surface area (Å²) in [5.74, 6) is -0.544. The molecule has 19 nitrogen and oxygen atoms in total. The zero-order chi connectivity index (χ0) is 24.5. The number of hydrogen-bond acceptors (Lipinski definition) is 12. The van der Waals surface area contributed by atoms with E-state index >= 15 is 0 Å². The van der Waals surface area contributed by atoms with Gasteiger partial charge in [0.2, 0.25) is 0 Å². The molecule has 10 N–H and O–H groups in total. The molecular weight excluding hydrogens is 507 g/mol. The lowest BCUT2D eigenvalue weighted by Crippen LogP contribution is -2.36. The molecule has 0 radical (unpaired) electrons. The Morgan fingerprint density at radius 2 is 1.75 bits per heavy atom. The maximum atomic E-state index is 12.1. The fraction of sp³-hybridized carbons (Fsp3) is 0.500. The first-order valence-electron chi connectivity index (χ1n) is 7.98. The number of nitrogens with two attached hydrogens (primary N) is 2. The van der Waals surface area contributed by atoms with E-state index in [9.17, 15) is 33.6 Å². The van der Waals surface area contributed by atoms with Crippen LogP contribution in [0.5, 0.6) is 0 Å². The average molecular weight is 525 g/mol.